The van der Waals surface area contributed by atoms with Crippen molar-refractivity contribution in [3.05, 3.63) is 35.4 Å². The Morgan fingerprint density at radius 3 is 2.62 bits per heavy atom. The summed E-state index contributed by atoms with van der Waals surface area (Å²) in [7, 11) is 1.48. The average Bonchev–Trinajstić information content (AvgIpc) is 2.91. The molecule has 0 amide bonds. The third-order valence-corrected chi connectivity index (χ3v) is 5.13. The van der Waals surface area contributed by atoms with Crippen LogP contribution in [0.5, 0.6) is 0 Å². The minimum atomic E-state index is -1.76. The number of carbonyl (C=O) groups excluding carboxylic acids is 1. The Bertz CT molecular complexity index is 638. The van der Waals surface area contributed by atoms with E-state index >= 15 is 0 Å². The van der Waals surface area contributed by atoms with E-state index in [1.807, 2.05) is 31.2 Å². The fourth-order valence-electron chi connectivity index (χ4n) is 3.60. The molecule has 1 aromatic rings. The molecule has 0 fully saturated rings. The molecule has 7 heteroatoms. The molecular weight excluding hydrogens is 358 g/mol. The lowest BCUT2D eigenvalue weighted by Crippen LogP contribution is -2.51. The fraction of sp³-hybridized carbons (Fsp3) is 0.579. The SMILES string of the molecule is CCC(C)OC(=O)C(CCOC)(C(=O)O)[C@@H]1c2ccccc2C[C@H]1N.Cl. The summed E-state index contributed by atoms with van der Waals surface area (Å²) in [6.45, 7) is 3.77. The maximum atomic E-state index is 13.0. The zero-order valence-corrected chi connectivity index (χ0v) is 16.3. The Kier molecular flexibility index (Phi) is 8.06. The molecule has 2 unspecified atom stereocenters. The standard InChI is InChI=1S/C19H27NO5.ClH/c1-4-12(2)25-18(23)19(17(21)22,9-10-24-3)16-14-8-6-5-7-13(14)11-15(16)20;/h5-8,12,15-16H,4,9-11,20H2,1-3H3,(H,21,22);1H/t12?,15-,16-,19?;/m1./s1. The van der Waals surface area contributed by atoms with Gasteiger partial charge in [0.15, 0.2) is 5.41 Å². The first-order chi connectivity index (χ1) is 11.9. The number of ether oxygens (including phenoxy) is 2. The number of halogens is 1. The number of aliphatic carboxylic acids is 1. The second-order valence-electron chi connectivity index (χ2n) is 6.69. The molecule has 1 aliphatic rings. The Balaban J connectivity index is 0.00000338. The van der Waals surface area contributed by atoms with Crippen molar-refractivity contribution < 1.29 is 24.2 Å². The smallest absolute Gasteiger partial charge is 0.324 e. The predicted molar refractivity (Wildman–Crippen MR) is 101 cm³/mol. The van der Waals surface area contributed by atoms with Crippen LogP contribution in [0.4, 0.5) is 0 Å². The lowest BCUT2D eigenvalue weighted by molar-refractivity contribution is -0.176. The summed E-state index contributed by atoms with van der Waals surface area (Å²) in [6, 6.07) is 7.05. The summed E-state index contributed by atoms with van der Waals surface area (Å²) in [6.07, 6.45) is 0.806. The summed E-state index contributed by atoms with van der Waals surface area (Å²) in [4.78, 5) is 25.4. The van der Waals surface area contributed by atoms with E-state index in [2.05, 4.69) is 0 Å². The molecule has 4 atom stereocenters. The first-order valence-corrected chi connectivity index (χ1v) is 8.65. The first-order valence-electron chi connectivity index (χ1n) is 8.65. The summed E-state index contributed by atoms with van der Waals surface area (Å²) >= 11 is 0. The van der Waals surface area contributed by atoms with Crippen molar-refractivity contribution >= 4 is 24.3 Å². The number of fused-ring (bicyclic) bond motifs is 1. The summed E-state index contributed by atoms with van der Waals surface area (Å²) < 4.78 is 10.6. The Morgan fingerprint density at radius 2 is 2.04 bits per heavy atom. The second-order valence-corrected chi connectivity index (χ2v) is 6.69. The highest BCUT2D eigenvalue weighted by Gasteiger charge is 2.58. The van der Waals surface area contributed by atoms with E-state index in [4.69, 9.17) is 15.2 Å². The topological polar surface area (TPSA) is 98.8 Å². The van der Waals surface area contributed by atoms with Crippen molar-refractivity contribution in [2.24, 2.45) is 11.1 Å². The number of carboxylic acids is 1. The maximum absolute atomic E-state index is 13.0. The van der Waals surface area contributed by atoms with Gasteiger partial charge in [0.05, 0.1) is 6.10 Å². The second kappa shape index (κ2) is 9.35. The summed E-state index contributed by atoms with van der Waals surface area (Å²) in [5.74, 6) is -2.59. The van der Waals surface area contributed by atoms with Gasteiger partial charge in [-0.1, -0.05) is 31.2 Å². The van der Waals surface area contributed by atoms with E-state index in [0.29, 0.717) is 12.8 Å². The Morgan fingerprint density at radius 1 is 1.38 bits per heavy atom. The van der Waals surface area contributed by atoms with Crippen LogP contribution in [0.15, 0.2) is 24.3 Å². The molecule has 3 N–H and O–H groups in total. The Labute approximate surface area is 160 Å². The van der Waals surface area contributed by atoms with E-state index in [-0.39, 0.29) is 31.5 Å². The van der Waals surface area contributed by atoms with Gasteiger partial charge in [-0.05, 0) is 37.3 Å². The number of carboxylic acid groups (broad SMARTS) is 1. The number of carbonyl (C=O) groups is 2. The van der Waals surface area contributed by atoms with Gasteiger partial charge in [-0.25, -0.2) is 0 Å². The van der Waals surface area contributed by atoms with Gasteiger partial charge in [-0.15, -0.1) is 12.4 Å². The van der Waals surface area contributed by atoms with Crippen molar-refractivity contribution in [3.8, 4) is 0 Å². The molecule has 146 valence electrons. The monoisotopic (exact) mass is 385 g/mol. The van der Waals surface area contributed by atoms with Crippen LogP contribution in [0.1, 0.15) is 43.7 Å². The molecule has 0 heterocycles. The molecule has 0 bridgehead atoms. The van der Waals surface area contributed by atoms with E-state index < -0.39 is 29.3 Å². The van der Waals surface area contributed by atoms with Crippen LogP contribution < -0.4 is 5.73 Å². The molecule has 0 saturated carbocycles. The maximum Gasteiger partial charge on any atom is 0.324 e. The van der Waals surface area contributed by atoms with Gasteiger partial charge >= 0.3 is 11.9 Å². The number of methoxy groups -OCH3 is 1. The minimum Gasteiger partial charge on any atom is -0.480 e. The molecule has 1 aromatic carbocycles. The highest BCUT2D eigenvalue weighted by Crippen LogP contribution is 2.48. The van der Waals surface area contributed by atoms with Crippen LogP contribution >= 0.6 is 12.4 Å². The largest absolute Gasteiger partial charge is 0.480 e. The van der Waals surface area contributed by atoms with Crippen LogP contribution in [-0.4, -0.2) is 42.9 Å². The Hall–Kier alpha value is -1.63. The number of esters is 1. The van der Waals surface area contributed by atoms with Crippen molar-refractivity contribution in [1.29, 1.82) is 0 Å². The summed E-state index contributed by atoms with van der Waals surface area (Å²) in [5.41, 5.74) is 6.36. The minimum absolute atomic E-state index is 0. The normalized spacial score (nSPS) is 21.8. The highest BCUT2D eigenvalue weighted by atomic mass is 35.5. The van der Waals surface area contributed by atoms with Crippen LogP contribution in [0.25, 0.3) is 0 Å². The molecular formula is C19H28ClNO5. The van der Waals surface area contributed by atoms with Crippen LogP contribution in [0.2, 0.25) is 0 Å². The van der Waals surface area contributed by atoms with Crippen LogP contribution in [0.3, 0.4) is 0 Å². The van der Waals surface area contributed by atoms with Crippen LogP contribution in [-0.2, 0) is 25.5 Å². The lowest BCUT2D eigenvalue weighted by atomic mass is 9.68. The van der Waals surface area contributed by atoms with Crippen molar-refractivity contribution in [2.45, 2.75) is 51.2 Å². The lowest BCUT2D eigenvalue weighted by Gasteiger charge is -2.36. The van der Waals surface area contributed by atoms with Crippen molar-refractivity contribution in [3.63, 3.8) is 0 Å². The van der Waals surface area contributed by atoms with Crippen LogP contribution in [0, 0.1) is 5.41 Å². The zero-order valence-electron chi connectivity index (χ0n) is 15.4. The van der Waals surface area contributed by atoms with Gasteiger partial charge in [-0.2, -0.15) is 0 Å². The fourth-order valence-corrected chi connectivity index (χ4v) is 3.60. The van der Waals surface area contributed by atoms with E-state index in [1.165, 1.54) is 7.11 Å². The van der Waals surface area contributed by atoms with Gasteiger partial charge in [0.25, 0.3) is 0 Å². The molecule has 26 heavy (non-hydrogen) atoms. The van der Waals surface area contributed by atoms with E-state index in [9.17, 15) is 14.7 Å². The highest BCUT2D eigenvalue weighted by molar-refractivity contribution is 6.01. The summed E-state index contributed by atoms with van der Waals surface area (Å²) in [5, 5.41) is 10.1. The average molecular weight is 386 g/mol. The van der Waals surface area contributed by atoms with E-state index in [0.717, 1.165) is 11.1 Å². The van der Waals surface area contributed by atoms with Gasteiger partial charge in [0, 0.05) is 25.7 Å². The molecule has 1 aliphatic carbocycles. The molecule has 6 nitrogen and oxygen atoms in total. The quantitative estimate of drug-likeness (QED) is 0.527. The molecule has 0 saturated heterocycles. The number of hydrogen-bond acceptors (Lipinski definition) is 5. The third kappa shape index (κ3) is 4.03. The number of nitrogens with two attached hydrogens (primary N) is 1. The molecule has 0 spiro atoms. The number of hydrogen-bond donors (Lipinski definition) is 2. The van der Waals surface area contributed by atoms with E-state index in [1.54, 1.807) is 6.92 Å². The van der Waals surface area contributed by atoms with Gasteiger partial charge in [0.2, 0.25) is 0 Å². The molecule has 0 radical (unpaired) electrons. The molecule has 0 aliphatic heterocycles. The molecule has 0 aromatic heterocycles. The van der Waals surface area contributed by atoms with Gasteiger partial charge in [-0.3, -0.25) is 9.59 Å². The predicted octanol–water partition coefficient (Wildman–Crippen LogP) is 2.52. The molecule has 2 rings (SSSR count). The number of rotatable bonds is 8. The third-order valence-electron chi connectivity index (χ3n) is 5.13. The van der Waals surface area contributed by atoms with Gasteiger partial charge in [0.1, 0.15) is 0 Å². The first kappa shape index (κ1) is 22.4. The van der Waals surface area contributed by atoms with Gasteiger partial charge < -0.3 is 20.3 Å². The van der Waals surface area contributed by atoms with Crippen molar-refractivity contribution in [2.75, 3.05) is 13.7 Å². The zero-order chi connectivity index (χ0) is 18.6. The number of benzene rings is 1. The van der Waals surface area contributed by atoms with Crippen molar-refractivity contribution in [1.82, 2.24) is 0 Å².